The molecule has 100 valence electrons. The lowest BCUT2D eigenvalue weighted by atomic mass is 9.84. The van der Waals surface area contributed by atoms with Crippen LogP contribution in [0.1, 0.15) is 25.5 Å². The lowest BCUT2D eigenvalue weighted by Crippen LogP contribution is -2.35. The van der Waals surface area contributed by atoms with Crippen molar-refractivity contribution in [3.63, 3.8) is 0 Å². The number of aliphatic carboxylic acids is 1. The van der Waals surface area contributed by atoms with E-state index in [0.29, 0.717) is 0 Å². The predicted octanol–water partition coefficient (Wildman–Crippen LogP) is 3.41. The molecule has 2 unspecified atom stereocenters. The molecule has 0 fully saturated rings. The minimum Gasteiger partial charge on any atom is -0.481 e. The average Bonchev–Trinajstić information content (AvgIpc) is 2.25. The first kappa shape index (κ1) is 15.2. The van der Waals surface area contributed by atoms with E-state index in [2.05, 4.69) is 15.9 Å². The number of hydrogen-bond donors (Lipinski definition) is 1. The summed E-state index contributed by atoms with van der Waals surface area (Å²) in [5.41, 5.74) is 1.02. The summed E-state index contributed by atoms with van der Waals surface area (Å²) in [6.07, 6.45) is 0. The molecule has 0 bridgehead atoms. The highest BCUT2D eigenvalue weighted by molar-refractivity contribution is 9.10. The van der Waals surface area contributed by atoms with Gasteiger partial charge in [-0.05, 0) is 31.6 Å². The van der Waals surface area contributed by atoms with E-state index in [0.717, 1.165) is 10.0 Å². The Labute approximate surface area is 117 Å². The van der Waals surface area contributed by atoms with E-state index in [1.165, 1.54) is 0 Å². The van der Waals surface area contributed by atoms with Crippen LogP contribution in [0.15, 0.2) is 28.7 Å². The van der Waals surface area contributed by atoms with Crippen LogP contribution in [0.2, 0.25) is 0 Å². The Morgan fingerprint density at radius 2 is 1.83 bits per heavy atom. The zero-order chi connectivity index (χ0) is 13.9. The summed E-state index contributed by atoms with van der Waals surface area (Å²) < 4.78 is 0.954. The molecule has 0 aromatic heterocycles. The van der Waals surface area contributed by atoms with Crippen molar-refractivity contribution in [2.45, 2.75) is 19.9 Å². The monoisotopic (exact) mass is 313 g/mol. The Balaban J connectivity index is 3.25. The number of benzene rings is 1. The molecule has 0 aliphatic rings. The number of halogens is 1. The van der Waals surface area contributed by atoms with Crippen LogP contribution in [-0.2, 0) is 4.79 Å². The van der Waals surface area contributed by atoms with E-state index in [4.69, 9.17) is 0 Å². The molecule has 1 aromatic rings. The molecular formula is C14H20BrNO2. The van der Waals surface area contributed by atoms with E-state index in [1.54, 1.807) is 0 Å². The molecule has 0 spiro atoms. The Kier molecular flexibility index (Phi) is 5.35. The SMILES string of the molecule is CC(C)C(C(=O)O)C(c1ccccc1Br)N(C)C. The van der Waals surface area contributed by atoms with Gasteiger partial charge in [0.2, 0.25) is 0 Å². The zero-order valence-electron chi connectivity index (χ0n) is 11.2. The maximum Gasteiger partial charge on any atom is 0.308 e. The van der Waals surface area contributed by atoms with Crippen molar-refractivity contribution in [3.8, 4) is 0 Å². The highest BCUT2D eigenvalue weighted by Gasteiger charge is 2.34. The predicted molar refractivity (Wildman–Crippen MR) is 76.5 cm³/mol. The first-order valence-electron chi connectivity index (χ1n) is 6.00. The van der Waals surface area contributed by atoms with Crippen molar-refractivity contribution in [1.29, 1.82) is 0 Å². The fraction of sp³-hybridized carbons (Fsp3) is 0.500. The summed E-state index contributed by atoms with van der Waals surface area (Å²) in [5.74, 6) is -1.11. The third-order valence-electron chi connectivity index (χ3n) is 3.12. The molecule has 0 saturated heterocycles. The fourth-order valence-electron chi connectivity index (χ4n) is 2.29. The van der Waals surface area contributed by atoms with Crippen LogP contribution >= 0.6 is 15.9 Å². The summed E-state index contributed by atoms with van der Waals surface area (Å²) in [5, 5.41) is 9.47. The van der Waals surface area contributed by atoms with Crippen LogP contribution < -0.4 is 0 Å². The average molecular weight is 314 g/mol. The number of carbonyl (C=O) groups is 1. The van der Waals surface area contributed by atoms with Crippen molar-refractivity contribution >= 4 is 21.9 Å². The maximum absolute atomic E-state index is 11.5. The summed E-state index contributed by atoms with van der Waals surface area (Å²) in [6, 6.07) is 7.66. The van der Waals surface area contributed by atoms with E-state index >= 15 is 0 Å². The number of rotatable bonds is 5. The van der Waals surface area contributed by atoms with Crippen molar-refractivity contribution in [3.05, 3.63) is 34.3 Å². The summed E-state index contributed by atoms with van der Waals surface area (Å²) >= 11 is 3.51. The fourth-order valence-corrected chi connectivity index (χ4v) is 2.81. The van der Waals surface area contributed by atoms with Crippen LogP contribution in [-0.4, -0.2) is 30.1 Å². The van der Waals surface area contributed by atoms with E-state index < -0.39 is 11.9 Å². The molecule has 0 aliphatic carbocycles. The Hall–Kier alpha value is -0.870. The van der Waals surface area contributed by atoms with Crippen LogP contribution in [0.5, 0.6) is 0 Å². The number of carboxylic acids is 1. The number of hydrogen-bond acceptors (Lipinski definition) is 2. The normalized spacial score (nSPS) is 14.8. The minimum atomic E-state index is -0.751. The Morgan fingerprint density at radius 3 is 2.22 bits per heavy atom. The molecule has 3 nitrogen and oxygen atoms in total. The van der Waals surface area contributed by atoms with Crippen LogP contribution in [0.3, 0.4) is 0 Å². The van der Waals surface area contributed by atoms with Gasteiger partial charge < -0.3 is 10.0 Å². The van der Waals surface area contributed by atoms with Gasteiger partial charge in [-0.2, -0.15) is 0 Å². The molecular weight excluding hydrogens is 294 g/mol. The third-order valence-corrected chi connectivity index (χ3v) is 3.85. The number of nitrogens with zero attached hydrogens (tertiary/aromatic N) is 1. The molecule has 0 radical (unpaired) electrons. The van der Waals surface area contributed by atoms with E-state index in [1.807, 2.05) is 57.1 Å². The van der Waals surface area contributed by atoms with Gasteiger partial charge >= 0.3 is 5.97 Å². The van der Waals surface area contributed by atoms with E-state index in [9.17, 15) is 9.90 Å². The first-order chi connectivity index (χ1) is 8.36. The Bertz CT molecular complexity index is 418. The summed E-state index contributed by atoms with van der Waals surface area (Å²) in [6.45, 7) is 3.90. The van der Waals surface area contributed by atoms with Gasteiger partial charge in [-0.1, -0.05) is 48.0 Å². The van der Waals surface area contributed by atoms with Gasteiger partial charge in [0.05, 0.1) is 5.92 Å². The summed E-state index contributed by atoms with van der Waals surface area (Å²) in [4.78, 5) is 13.5. The van der Waals surface area contributed by atoms with Crippen molar-refractivity contribution in [2.24, 2.45) is 11.8 Å². The molecule has 0 saturated carbocycles. The lowest BCUT2D eigenvalue weighted by molar-refractivity contribution is -0.146. The van der Waals surface area contributed by atoms with Gasteiger partial charge in [0, 0.05) is 10.5 Å². The highest BCUT2D eigenvalue weighted by atomic mass is 79.9. The summed E-state index contributed by atoms with van der Waals surface area (Å²) in [7, 11) is 3.84. The second-order valence-corrected chi connectivity index (χ2v) is 5.89. The van der Waals surface area contributed by atoms with E-state index in [-0.39, 0.29) is 12.0 Å². The molecule has 1 rings (SSSR count). The highest BCUT2D eigenvalue weighted by Crippen LogP contribution is 2.35. The first-order valence-corrected chi connectivity index (χ1v) is 6.79. The Morgan fingerprint density at radius 1 is 1.28 bits per heavy atom. The largest absolute Gasteiger partial charge is 0.481 e. The van der Waals surface area contributed by atoms with Gasteiger partial charge in [0.15, 0.2) is 0 Å². The molecule has 0 aliphatic heterocycles. The van der Waals surface area contributed by atoms with Crippen molar-refractivity contribution in [2.75, 3.05) is 14.1 Å². The molecule has 0 heterocycles. The second-order valence-electron chi connectivity index (χ2n) is 5.04. The third kappa shape index (κ3) is 3.33. The van der Waals surface area contributed by atoms with Gasteiger partial charge in [0.1, 0.15) is 0 Å². The maximum atomic E-state index is 11.5. The van der Waals surface area contributed by atoms with Gasteiger partial charge in [0.25, 0.3) is 0 Å². The van der Waals surface area contributed by atoms with Gasteiger partial charge in [-0.3, -0.25) is 4.79 Å². The molecule has 4 heteroatoms. The van der Waals surface area contributed by atoms with Crippen LogP contribution in [0.4, 0.5) is 0 Å². The second kappa shape index (κ2) is 6.34. The number of carboxylic acid groups (broad SMARTS) is 1. The van der Waals surface area contributed by atoms with Crippen LogP contribution in [0, 0.1) is 11.8 Å². The quantitative estimate of drug-likeness (QED) is 0.905. The minimum absolute atomic E-state index is 0.0713. The topological polar surface area (TPSA) is 40.5 Å². The van der Waals surface area contributed by atoms with Gasteiger partial charge in [-0.15, -0.1) is 0 Å². The zero-order valence-corrected chi connectivity index (χ0v) is 12.8. The van der Waals surface area contributed by atoms with Crippen molar-refractivity contribution in [1.82, 2.24) is 4.90 Å². The molecule has 18 heavy (non-hydrogen) atoms. The molecule has 1 aromatic carbocycles. The van der Waals surface area contributed by atoms with Crippen molar-refractivity contribution < 1.29 is 9.90 Å². The molecule has 2 atom stereocenters. The smallest absolute Gasteiger partial charge is 0.308 e. The standard InChI is InChI=1S/C14H20BrNO2/c1-9(2)12(14(17)18)13(16(3)4)10-7-5-6-8-11(10)15/h5-9,12-13H,1-4H3,(H,17,18). The van der Waals surface area contributed by atoms with Gasteiger partial charge in [-0.25, -0.2) is 0 Å². The molecule has 0 amide bonds. The lowest BCUT2D eigenvalue weighted by Gasteiger charge is -2.33. The molecule has 1 N–H and O–H groups in total. The van der Waals surface area contributed by atoms with Crippen LogP contribution in [0.25, 0.3) is 0 Å².